The second-order valence-corrected chi connectivity index (χ2v) is 6.15. The molecule has 2 aromatic rings. The normalized spacial score (nSPS) is 11.9. The number of carbonyl (C=O) groups excluding carboxylic acids is 1. The Hall–Kier alpha value is -2.28. The zero-order valence-electron chi connectivity index (χ0n) is 12.6. The lowest BCUT2D eigenvalue weighted by atomic mass is 10.0. The van der Waals surface area contributed by atoms with Crippen LogP contribution in [0.5, 0.6) is 0 Å². The van der Waals surface area contributed by atoms with Crippen LogP contribution in [0.4, 0.5) is 4.39 Å². The van der Waals surface area contributed by atoms with Crippen LogP contribution in [0.3, 0.4) is 0 Å². The number of nitrogens with zero attached hydrogens (tertiary/aromatic N) is 1. The van der Waals surface area contributed by atoms with Crippen molar-refractivity contribution in [3.8, 4) is 0 Å². The van der Waals surface area contributed by atoms with Crippen molar-refractivity contribution in [1.29, 1.82) is 0 Å². The number of thiazole rings is 1. The van der Waals surface area contributed by atoms with E-state index in [0.29, 0.717) is 24.4 Å². The van der Waals surface area contributed by atoms with E-state index in [1.54, 1.807) is 19.1 Å². The summed E-state index contributed by atoms with van der Waals surface area (Å²) in [6, 6.07) is 6.20. The molecule has 1 unspecified atom stereocenters. The molecule has 0 aliphatic carbocycles. The van der Waals surface area contributed by atoms with Crippen LogP contribution < -0.4 is 5.32 Å². The van der Waals surface area contributed by atoms with E-state index in [2.05, 4.69) is 10.3 Å². The molecule has 0 aliphatic rings. The van der Waals surface area contributed by atoms with Crippen LogP contribution in [0.1, 0.15) is 28.0 Å². The van der Waals surface area contributed by atoms with Gasteiger partial charge in [-0.15, -0.1) is 11.3 Å². The molecule has 1 aromatic carbocycles. The van der Waals surface area contributed by atoms with Gasteiger partial charge in [0, 0.05) is 24.3 Å². The highest BCUT2D eigenvalue weighted by Crippen LogP contribution is 2.12. The Bertz CT molecular complexity index is 702. The maximum Gasteiger partial charge on any atom is 0.355 e. The van der Waals surface area contributed by atoms with Crippen molar-refractivity contribution in [2.75, 3.05) is 6.54 Å². The summed E-state index contributed by atoms with van der Waals surface area (Å²) in [5, 5.41) is 13.7. The van der Waals surface area contributed by atoms with Gasteiger partial charge in [0.05, 0.1) is 5.01 Å². The van der Waals surface area contributed by atoms with Crippen molar-refractivity contribution >= 4 is 23.2 Å². The molecule has 7 heteroatoms. The second kappa shape index (κ2) is 7.82. The quantitative estimate of drug-likeness (QED) is 0.814. The molecule has 1 heterocycles. The minimum Gasteiger partial charge on any atom is -0.476 e. The molecule has 1 amide bonds. The summed E-state index contributed by atoms with van der Waals surface area (Å²) in [4.78, 5) is 26.7. The van der Waals surface area contributed by atoms with Gasteiger partial charge in [-0.3, -0.25) is 4.79 Å². The number of benzene rings is 1. The first kappa shape index (κ1) is 17.1. The highest BCUT2D eigenvalue weighted by atomic mass is 32.1. The number of carboxylic acid groups (broad SMARTS) is 1. The van der Waals surface area contributed by atoms with Crippen molar-refractivity contribution in [1.82, 2.24) is 10.3 Å². The van der Waals surface area contributed by atoms with Gasteiger partial charge in [0.1, 0.15) is 5.82 Å². The molecule has 23 heavy (non-hydrogen) atoms. The van der Waals surface area contributed by atoms with Gasteiger partial charge in [-0.2, -0.15) is 0 Å². The molecule has 0 aliphatic heterocycles. The molecule has 122 valence electrons. The number of carboxylic acids is 1. The van der Waals surface area contributed by atoms with Crippen molar-refractivity contribution in [2.24, 2.45) is 5.92 Å². The molecule has 0 saturated carbocycles. The maximum absolute atomic E-state index is 13.1. The van der Waals surface area contributed by atoms with Gasteiger partial charge in [-0.1, -0.05) is 19.1 Å². The zero-order chi connectivity index (χ0) is 16.8. The molecule has 5 nitrogen and oxygen atoms in total. The number of aromatic nitrogens is 1. The molecular weight excluding hydrogens is 319 g/mol. The first-order chi connectivity index (χ1) is 11.0. The van der Waals surface area contributed by atoms with Crippen molar-refractivity contribution in [3.05, 3.63) is 51.7 Å². The van der Waals surface area contributed by atoms with E-state index >= 15 is 0 Å². The number of aromatic carboxylic acids is 1. The maximum atomic E-state index is 13.1. The van der Waals surface area contributed by atoms with Crippen LogP contribution in [-0.2, 0) is 17.6 Å². The number of hydrogen-bond acceptors (Lipinski definition) is 4. The van der Waals surface area contributed by atoms with E-state index in [-0.39, 0.29) is 23.3 Å². The standard InChI is InChI=1S/C16H17FN2O3S/c1-10(7-11-3-2-4-12(17)8-11)15(20)18-6-5-14-19-13(9-23-14)16(21)22/h2-4,8-10H,5-7H2,1H3,(H,18,20)(H,21,22). The smallest absolute Gasteiger partial charge is 0.355 e. The van der Waals surface area contributed by atoms with Crippen LogP contribution in [-0.4, -0.2) is 28.5 Å². The highest BCUT2D eigenvalue weighted by molar-refractivity contribution is 7.09. The number of hydrogen-bond donors (Lipinski definition) is 2. The first-order valence-corrected chi connectivity index (χ1v) is 8.03. The highest BCUT2D eigenvalue weighted by Gasteiger charge is 2.14. The van der Waals surface area contributed by atoms with E-state index in [1.165, 1.54) is 28.8 Å². The van der Waals surface area contributed by atoms with E-state index in [0.717, 1.165) is 5.56 Å². The Morgan fingerprint density at radius 1 is 1.43 bits per heavy atom. The molecule has 2 N–H and O–H groups in total. The van der Waals surface area contributed by atoms with E-state index in [1.807, 2.05) is 0 Å². The number of carbonyl (C=O) groups is 2. The number of amides is 1. The summed E-state index contributed by atoms with van der Waals surface area (Å²) < 4.78 is 13.1. The third-order valence-electron chi connectivity index (χ3n) is 3.29. The Morgan fingerprint density at radius 3 is 2.87 bits per heavy atom. The molecule has 2 rings (SSSR count). The van der Waals surface area contributed by atoms with Crippen LogP contribution >= 0.6 is 11.3 Å². The van der Waals surface area contributed by atoms with Gasteiger partial charge in [0.15, 0.2) is 5.69 Å². The fourth-order valence-corrected chi connectivity index (χ4v) is 2.87. The Balaban J connectivity index is 1.78. The monoisotopic (exact) mass is 336 g/mol. The zero-order valence-corrected chi connectivity index (χ0v) is 13.4. The van der Waals surface area contributed by atoms with Crippen molar-refractivity contribution in [2.45, 2.75) is 19.8 Å². The summed E-state index contributed by atoms with van der Waals surface area (Å²) in [5.41, 5.74) is 0.800. The molecule has 1 atom stereocenters. The van der Waals surface area contributed by atoms with Crippen LogP contribution in [0.2, 0.25) is 0 Å². The van der Waals surface area contributed by atoms with E-state index < -0.39 is 5.97 Å². The van der Waals surface area contributed by atoms with Crippen LogP contribution in [0.15, 0.2) is 29.6 Å². The van der Waals surface area contributed by atoms with Gasteiger partial charge in [-0.05, 0) is 24.1 Å². The minimum atomic E-state index is -1.06. The van der Waals surface area contributed by atoms with Gasteiger partial charge in [0.2, 0.25) is 5.91 Å². The first-order valence-electron chi connectivity index (χ1n) is 7.15. The van der Waals surface area contributed by atoms with Crippen molar-refractivity contribution < 1.29 is 19.1 Å². The number of halogens is 1. The lowest BCUT2D eigenvalue weighted by Gasteiger charge is -2.12. The van der Waals surface area contributed by atoms with Gasteiger partial charge >= 0.3 is 5.97 Å². The van der Waals surface area contributed by atoms with Crippen molar-refractivity contribution in [3.63, 3.8) is 0 Å². The molecule has 0 bridgehead atoms. The molecule has 0 saturated heterocycles. The summed E-state index contributed by atoms with van der Waals surface area (Å²) in [5.74, 6) is -1.76. The Kier molecular flexibility index (Phi) is 5.81. The average molecular weight is 336 g/mol. The molecule has 0 fully saturated rings. The predicted molar refractivity (Wildman–Crippen MR) is 85.1 cm³/mol. The molecule has 0 spiro atoms. The summed E-state index contributed by atoms with van der Waals surface area (Å²) in [6.07, 6.45) is 0.945. The molecule has 1 aromatic heterocycles. The minimum absolute atomic E-state index is 0.0239. The average Bonchev–Trinajstić information content (AvgIpc) is 2.96. The number of rotatable bonds is 7. The van der Waals surface area contributed by atoms with Gasteiger partial charge < -0.3 is 10.4 Å². The second-order valence-electron chi connectivity index (χ2n) is 5.21. The van der Waals surface area contributed by atoms with Crippen LogP contribution in [0, 0.1) is 11.7 Å². The van der Waals surface area contributed by atoms with E-state index in [4.69, 9.17) is 5.11 Å². The fourth-order valence-electron chi connectivity index (χ4n) is 2.10. The largest absolute Gasteiger partial charge is 0.476 e. The van der Waals surface area contributed by atoms with Crippen LogP contribution in [0.25, 0.3) is 0 Å². The third-order valence-corrected chi connectivity index (χ3v) is 4.20. The Morgan fingerprint density at radius 2 is 2.22 bits per heavy atom. The lowest BCUT2D eigenvalue weighted by molar-refractivity contribution is -0.124. The molecular formula is C16H17FN2O3S. The topological polar surface area (TPSA) is 79.3 Å². The SMILES string of the molecule is CC(Cc1cccc(F)c1)C(=O)NCCc1nc(C(=O)O)cs1. The Labute approximate surface area is 137 Å². The lowest BCUT2D eigenvalue weighted by Crippen LogP contribution is -2.31. The predicted octanol–water partition coefficient (Wildman–Crippen LogP) is 2.52. The van der Waals surface area contributed by atoms with Gasteiger partial charge in [0.25, 0.3) is 0 Å². The summed E-state index contributed by atoms with van der Waals surface area (Å²) in [7, 11) is 0. The third kappa shape index (κ3) is 5.14. The van der Waals surface area contributed by atoms with E-state index in [9.17, 15) is 14.0 Å². The number of nitrogens with one attached hydrogen (secondary N) is 1. The molecule has 0 radical (unpaired) electrons. The summed E-state index contributed by atoms with van der Waals surface area (Å²) in [6.45, 7) is 2.17. The summed E-state index contributed by atoms with van der Waals surface area (Å²) >= 11 is 1.26. The fraction of sp³-hybridized carbons (Fsp3) is 0.312. The van der Waals surface area contributed by atoms with Gasteiger partial charge in [-0.25, -0.2) is 14.2 Å².